The largest absolute Gasteiger partial charge is 0.478 e. The lowest BCUT2D eigenvalue weighted by Crippen LogP contribution is -2.34. The number of rotatable bonds is 16. The van der Waals surface area contributed by atoms with Crippen LogP contribution in [0.1, 0.15) is 57.0 Å². The fraction of sp³-hybridized carbons (Fsp3) is 0.353. The van der Waals surface area contributed by atoms with Crippen LogP contribution in [0, 0.1) is 5.82 Å². The predicted octanol–water partition coefficient (Wildman–Crippen LogP) is 5.61. The highest BCUT2D eigenvalue weighted by atomic mass is 32.2. The van der Waals surface area contributed by atoms with Crippen LogP contribution in [0.4, 0.5) is 10.1 Å². The fourth-order valence-electron chi connectivity index (χ4n) is 5.37. The highest BCUT2D eigenvalue weighted by Crippen LogP contribution is 2.48. The van der Waals surface area contributed by atoms with Crippen molar-refractivity contribution in [2.45, 2.75) is 31.6 Å². The molecule has 3 aromatic carbocycles. The van der Waals surface area contributed by atoms with Gasteiger partial charge >= 0.3 is 5.97 Å². The van der Waals surface area contributed by atoms with Gasteiger partial charge in [0.05, 0.1) is 49.4 Å². The molecule has 1 fully saturated rings. The highest BCUT2D eigenvalue weighted by Gasteiger charge is 2.33. The summed E-state index contributed by atoms with van der Waals surface area (Å²) in [6.07, 6.45) is 4.46. The number of ether oxygens (including phenoxy) is 2. The number of hydrogen-bond donors (Lipinski definition) is 2. The summed E-state index contributed by atoms with van der Waals surface area (Å²) in [4.78, 5) is 24.0. The van der Waals surface area contributed by atoms with E-state index in [-0.39, 0.29) is 42.9 Å². The molecule has 0 saturated heterocycles. The average Bonchev–Trinajstić information content (AvgIpc) is 3.81. The zero-order valence-corrected chi connectivity index (χ0v) is 26.6. The summed E-state index contributed by atoms with van der Waals surface area (Å²) in [7, 11) is -2.19. The van der Waals surface area contributed by atoms with E-state index in [1.807, 2.05) is 6.07 Å². The monoisotopic (exact) mass is 652 g/mol. The van der Waals surface area contributed by atoms with E-state index in [0.717, 1.165) is 43.1 Å². The quantitative estimate of drug-likeness (QED) is 0.149. The Hall–Kier alpha value is -4.26. The summed E-state index contributed by atoms with van der Waals surface area (Å²) in [6, 6.07) is 15.9. The maximum absolute atomic E-state index is 13.6. The summed E-state index contributed by atoms with van der Waals surface area (Å²) in [5.41, 5.74) is 3.76. The van der Waals surface area contributed by atoms with Gasteiger partial charge in [0.15, 0.2) is 0 Å². The molecule has 5 rings (SSSR count). The molecule has 1 aliphatic rings. The van der Waals surface area contributed by atoms with E-state index in [4.69, 9.17) is 19.0 Å². The number of halogens is 1. The summed E-state index contributed by atoms with van der Waals surface area (Å²) in [6.45, 7) is 1.34. The minimum atomic E-state index is -3.71. The molecule has 1 aliphatic carbocycles. The number of carbonyl (C=O) groups is 2. The Bertz CT molecular complexity index is 1800. The minimum absolute atomic E-state index is 0.0736. The summed E-state index contributed by atoms with van der Waals surface area (Å²) >= 11 is 0. The molecule has 1 aromatic heterocycles. The van der Waals surface area contributed by atoms with Gasteiger partial charge in [-0.2, -0.15) is 0 Å². The topological polar surface area (TPSA) is 135 Å². The van der Waals surface area contributed by atoms with Crippen LogP contribution < -0.4 is 9.62 Å². The zero-order valence-electron chi connectivity index (χ0n) is 25.8. The van der Waals surface area contributed by atoms with Crippen molar-refractivity contribution >= 4 is 38.6 Å². The van der Waals surface area contributed by atoms with E-state index < -0.39 is 21.8 Å². The first kappa shape index (κ1) is 33.1. The van der Waals surface area contributed by atoms with Gasteiger partial charge in [-0.15, -0.1) is 0 Å². The van der Waals surface area contributed by atoms with Crippen molar-refractivity contribution in [2.75, 3.05) is 50.6 Å². The number of benzene rings is 3. The molecule has 1 saturated carbocycles. The number of carboxylic acids is 1. The second-order valence-corrected chi connectivity index (χ2v) is 13.1. The van der Waals surface area contributed by atoms with Gasteiger partial charge in [0.2, 0.25) is 10.0 Å². The fourth-order valence-corrected chi connectivity index (χ4v) is 6.29. The molecule has 244 valence electrons. The van der Waals surface area contributed by atoms with Crippen molar-refractivity contribution < 1.29 is 41.4 Å². The van der Waals surface area contributed by atoms with Crippen LogP contribution in [-0.4, -0.2) is 71.7 Å². The maximum atomic E-state index is 13.6. The van der Waals surface area contributed by atoms with Crippen molar-refractivity contribution in [3.8, 4) is 11.3 Å². The first-order valence-electron chi connectivity index (χ1n) is 15.1. The van der Waals surface area contributed by atoms with E-state index in [1.54, 1.807) is 30.3 Å². The smallest absolute Gasteiger partial charge is 0.335 e. The molecule has 0 radical (unpaired) electrons. The lowest BCUT2D eigenvalue weighted by molar-refractivity contribution is 0.0501. The lowest BCUT2D eigenvalue weighted by Gasteiger charge is -2.25. The summed E-state index contributed by atoms with van der Waals surface area (Å²) in [5, 5.41) is 12.2. The molecule has 1 amide bonds. The van der Waals surface area contributed by atoms with Crippen molar-refractivity contribution in [3.63, 3.8) is 0 Å². The lowest BCUT2D eigenvalue weighted by atomic mass is 10.0. The molecule has 10 nitrogen and oxygen atoms in total. The Balaban J connectivity index is 1.24. The molecule has 0 aliphatic heterocycles. The van der Waals surface area contributed by atoms with Crippen LogP contribution in [0.15, 0.2) is 65.1 Å². The Morgan fingerprint density at radius 2 is 1.67 bits per heavy atom. The number of carboxylic acid groups (broad SMARTS) is 1. The third kappa shape index (κ3) is 7.93. The summed E-state index contributed by atoms with van der Waals surface area (Å²) in [5.74, 6) is -1.31. The number of furan rings is 1. The highest BCUT2D eigenvalue weighted by molar-refractivity contribution is 7.92. The van der Waals surface area contributed by atoms with Gasteiger partial charge in [-0.1, -0.05) is 12.1 Å². The van der Waals surface area contributed by atoms with E-state index >= 15 is 0 Å². The Labute approximate surface area is 267 Å². The molecule has 46 heavy (non-hydrogen) atoms. The third-order valence-electron chi connectivity index (χ3n) is 7.85. The second-order valence-electron chi connectivity index (χ2n) is 11.2. The Kier molecular flexibility index (Phi) is 10.4. The molecule has 0 unspecified atom stereocenters. The second kappa shape index (κ2) is 14.4. The van der Waals surface area contributed by atoms with E-state index in [0.29, 0.717) is 41.0 Å². The number of fused-ring (bicyclic) bond motifs is 1. The summed E-state index contributed by atoms with van der Waals surface area (Å²) < 4.78 is 58.6. The third-order valence-corrected chi connectivity index (χ3v) is 9.03. The van der Waals surface area contributed by atoms with Crippen LogP contribution in [-0.2, 0) is 25.9 Å². The molecule has 0 bridgehead atoms. The minimum Gasteiger partial charge on any atom is -0.478 e. The van der Waals surface area contributed by atoms with E-state index in [1.165, 1.54) is 35.6 Å². The Morgan fingerprint density at radius 1 is 1.00 bits per heavy atom. The number of nitrogens with one attached hydrogen (secondary N) is 1. The number of hydrogen-bond acceptors (Lipinski definition) is 7. The molecule has 12 heteroatoms. The number of anilines is 1. The van der Waals surface area contributed by atoms with Gasteiger partial charge in [0.25, 0.3) is 5.91 Å². The molecule has 0 spiro atoms. The van der Waals surface area contributed by atoms with Crippen molar-refractivity contribution in [3.05, 3.63) is 88.7 Å². The molecule has 4 aromatic rings. The predicted molar refractivity (Wildman–Crippen MR) is 173 cm³/mol. The average molecular weight is 653 g/mol. The first-order chi connectivity index (χ1) is 22.1. The van der Waals surface area contributed by atoms with Gasteiger partial charge in [-0.25, -0.2) is 17.6 Å². The van der Waals surface area contributed by atoms with Gasteiger partial charge in [-0.05, 0) is 85.2 Å². The maximum Gasteiger partial charge on any atom is 0.335 e. The van der Waals surface area contributed by atoms with Crippen LogP contribution in [0.25, 0.3) is 22.3 Å². The van der Waals surface area contributed by atoms with Crippen LogP contribution in [0.3, 0.4) is 0 Å². The van der Waals surface area contributed by atoms with Gasteiger partial charge < -0.3 is 24.3 Å². The molecular weight excluding hydrogens is 615 g/mol. The van der Waals surface area contributed by atoms with Crippen molar-refractivity contribution in [2.24, 2.45) is 0 Å². The number of amides is 1. The zero-order chi connectivity index (χ0) is 32.8. The normalized spacial score (nSPS) is 13.2. The SMILES string of the molecule is CNC(=O)c1c(-c2ccc(F)cc2)oc2cc(N(CCOCCOCCCc3ccc(C(=O)O)cc3)S(C)(=O)=O)c(C3CC3)cc12. The van der Waals surface area contributed by atoms with Gasteiger partial charge in [0.1, 0.15) is 17.2 Å². The van der Waals surface area contributed by atoms with Crippen molar-refractivity contribution in [1.82, 2.24) is 5.32 Å². The number of aryl methyl sites for hydroxylation is 1. The van der Waals surface area contributed by atoms with Crippen LogP contribution in [0.2, 0.25) is 0 Å². The van der Waals surface area contributed by atoms with E-state index in [9.17, 15) is 22.4 Å². The van der Waals surface area contributed by atoms with Crippen LogP contribution >= 0.6 is 0 Å². The number of nitrogens with zero attached hydrogens (tertiary/aromatic N) is 1. The molecule has 1 heterocycles. The van der Waals surface area contributed by atoms with Gasteiger partial charge in [-0.3, -0.25) is 9.10 Å². The molecule has 2 N–H and O–H groups in total. The first-order valence-corrected chi connectivity index (χ1v) is 17.0. The number of aromatic carboxylic acids is 1. The standard InChI is InChI=1S/C34H37FN2O8S/c1-36-33(38)31-28-20-27(23-9-10-23)29(21-30(28)45-32(31)24-11-13-26(35)14-12-24)37(46(2,41)42)15-17-44-19-18-43-16-3-4-22-5-7-25(8-6-22)34(39)40/h5-8,11-14,20-21,23H,3-4,9-10,15-19H2,1-2H3,(H,36,38)(H,39,40). The Morgan fingerprint density at radius 3 is 2.28 bits per heavy atom. The molecule has 0 atom stereocenters. The van der Waals surface area contributed by atoms with E-state index in [2.05, 4.69) is 5.32 Å². The van der Waals surface area contributed by atoms with Crippen molar-refractivity contribution in [1.29, 1.82) is 0 Å². The van der Waals surface area contributed by atoms with Gasteiger partial charge in [0, 0.05) is 30.7 Å². The van der Waals surface area contributed by atoms with Crippen LogP contribution in [0.5, 0.6) is 0 Å². The number of sulfonamides is 1. The molecular formula is C34H37FN2O8S. The number of carbonyl (C=O) groups excluding carboxylic acids is 1.